The summed E-state index contributed by atoms with van der Waals surface area (Å²) < 4.78 is 33.8. The molecule has 4 aromatic rings. The number of halogens is 1. The minimum Gasteiger partial charge on any atom is -0.490 e. The van der Waals surface area contributed by atoms with Crippen LogP contribution in [-0.2, 0) is 10.0 Å². The number of nitrogens with two attached hydrogens (primary N) is 1. The van der Waals surface area contributed by atoms with Gasteiger partial charge in [0.15, 0.2) is 5.82 Å². The number of aromatic nitrogens is 3. The standard InChI is InChI=1S/C20H17ClN6O3S/c21-14-9-11(1-3-13(14)15-4-5-16-19(24-15)20(22)26-25-16)27-31(28,29)12-2-6-18-17(10-12)23-7-8-30-18/h1-6,9-10,23,27H,7-8H2,(H3,22,25,26). The Hall–Kier alpha value is -3.50. The topological polar surface area (TPSA) is 135 Å². The van der Waals surface area contributed by atoms with Crippen molar-refractivity contribution in [2.45, 2.75) is 4.90 Å². The second-order valence-corrected chi connectivity index (χ2v) is 9.02. The van der Waals surface area contributed by atoms with Crippen molar-refractivity contribution >= 4 is 49.9 Å². The molecule has 0 aliphatic carbocycles. The highest BCUT2D eigenvalue weighted by Crippen LogP contribution is 2.33. The van der Waals surface area contributed by atoms with Gasteiger partial charge in [0, 0.05) is 12.1 Å². The van der Waals surface area contributed by atoms with Crippen LogP contribution < -0.4 is 20.5 Å². The minimum absolute atomic E-state index is 0.118. The lowest BCUT2D eigenvalue weighted by molar-refractivity contribution is 0.323. The molecule has 2 aromatic heterocycles. The molecule has 11 heteroatoms. The lowest BCUT2D eigenvalue weighted by atomic mass is 10.1. The third kappa shape index (κ3) is 3.60. The van der Waals surface area contributed by atoms with E-state index in [2.05, 4.69) is 25.2 Å². The maximum Gasteiger partial charge on any atom is 0.261 e. The molecule has 9 nitrogen and oxygen atoms in total. The molecule has 0 unspecified atom stereocenters. The van der Waals surface area contributed by atoms with E-state index in [-0.39, 0.29) is 4.90 Å². The average Bonchev–Trinajstić information content (AvgIpc) is 3.13. The molecule has 0 fully saturated rings. The predicted molar refractivity (Wildman–Crippen MR) is 120 cm³/mol. The van der Waals surface area contributed by atoms with E-state index in [1.165, 1.54) is 6.07 Å². The van der Waals surface area contributed by atoms with Crippen molar-refractivity contribution in [3.05, 3.63) is 53.6 Å². The van der Waals surface area contributed by atoms with Crippen LogP contribution >= 0.6 is 11.6 Å². The van der Waals surface area contributed by atoms with Gasteiger partial charge in [0.05, 0.1) is 32.5 Å². The van der Waals surface area contributed by atoms with E-state index < -0.39 is 10.0 Å². The van der Waals surface area contributed by atoms with Crippen LogP contribution in [0, 0.1) is 0 Å². The maximum atomic E-state index is 12.8. The number of nitrogens with one attached hydrogen (secondary N) is 3. The first-order valence-corrected chi connectivity index (χ1v) is 11.2. The monoisotopic (exact) mass is 456 g/mol. The summed E-state index contributed by atoms with van der Waals surface area (Å²) in [6.45, 7) is 1.16. The van der Waals surface area contributed by atoms with E-state index in [9.17, 15) is 8.42 Å². The molecule has 5 N–H and O–H groups in total. The number of fused-ring (bicyclic) bond motifs is 2. The SMILES string of the molecule is Nc1n[nH]c2ccc(-c3ccc(NS(=O)(=O)c4ccc5c(c4)NCCO5)cc3Cl)nc12. The Balaban J connectivity index is 1.43. The number of rotatable bonds is 4. The predicted octanol–water partition coefficient (Wildman–Crippen LogP) is 3.47. The Morgan fingerprint density at radius 1 is 1.13 bits per heavy atom. The summed E-state index contributed by atoms with van der Waals surface area (Å²) in [5.74, 6) is 0.919. The van der Waals surface area contributed by atoms with Crippen LogP contribution in [0.2, 0.25) is 5.02 Å². The molecular formula is C20H17ClN6O3S. The minimum atomic E-state index is -3.82. The fourth-order valence-electron chi connectivity index (χ4n) is 3.36. The number of nitrogen functional groups attached to an aromatic ring is 1. The van der Waals surface area contributed by atoms with Gasteiger partial charge < -0.3 is 15.8 Å². The van der Waals surface area contributed by atoms with E-state index in [4.69, 9.17) is 22.1 Å². The fourth-order valence-corrected chi connectivity index (χ4v) is 4.71. The molecule has 2 aromatic carbocycles. The lowest BCUT2D eigenvalue weighted by Gasteiger charge is -2.20. The number of ether oxygens (including phenoxy) is 1. The molecule has 0 saturated carbocycles. The molecule has 0 amide bonds. The van der Waals surface area contributed by atoms with Crippen LogP contribution in [0.25, 0.3) is 22.3 Å². The highest BCUT2D eigenvalue weighted by Gasteiger charge is 2.19. The second-order valence-electron chi connectivity index (χ2n) is 6.93. The van der Waals surface area contributed by atoms with E-state index in [0.29, 0.717) is 63.4 Å². The summed E-state index contributed by atoms with van der Waals surface area (Å²) in [6.07, 6.45) is 0. The molecule has 0 atom stereocenters. The largest absolute Gasteiger partial charge is 0.490 e. The molecule has 158 valence electrons. The van der Waals surface area contributed by atoms with E-state index in [0.717, 1.165) is 0 Å². The molecule has 0 spiro atoms. The van der Waals surface area contributed by atoms with Crippen molar-refractivity contribution in [3.63, 3.8) is 0 Å². The van der Waals surface area contributed by atoms with Crippen LogP contribution in [0.1, 0.15) is 0 Å². The van der Waals surface area contributed by atoms with Gasteiger partial charge in [-0.15, -0.1) is 0 Å². The van der Waals surface area contributed by atoms with Gasteiger partial charge in [-0.1, -0.05) is 11.6 Å². The van der Waals surface area contributed by atoms with Gasteiger partial charge in [0.1, 0.15) is 17.9 Å². The van der Waals surface area contributed by atoms with Crippen molar-refractivity contribution in [3.8, 4) is 17.0 Å². The zero-order chi connectivity index (χ0) is 21.6. The van der Waals surface area contributed by atoms with Crippen molar-refractivity contribution in [2.75, 3.05) is 28.9 Å². The first-order chi connectivity index (χ1) is 14.9. The molecular weight excluding hydrogens is 440 g/mol. The Labute approximate surface area is 182 Å². The number of hydrogen-bond donors (Lipinski definition) is 4. The zero-order valence-corrected chi connectivity index (χ0v) is 17.6. The molecule has 1 aliphatic heterocycles. The maximum absolute atomic E-state index is 12.8. The number of sulfonamides is 1. The Morgan fingerprint density at radius 3 is 2.84 bits per heavy atom. The van der Waals surface area contributed by atoms with Crippen LogP contribution in [0.3, 0.4) is 0 Å². The van der Waals surface area contributed by atoms with Gasteiger partial charge >= 0.3 is 0 Å². The summed E-state index contributed by atoms with van der Waals surface area (Å²) in [5.41, 5.74) is 9.30. The van der Waals surface area contributed by atoms with Gasteiger partial charge in [-0.3, -0.25) is 9.82 Å². The third-order valence-corrected chi connectivity index (χ3v) is 6.56. The highest BCUT2D eigenvalue weighted by molar-refractivity contribution is 7.92. The van der Waals surface area contributed by atoms with Crippen molar-refractivity contribution in [1.82, 2.24) is 15.2 Å². The van der Waals surface area contributed by atoms with Crippen LogP contribution in [0.4, 0.5) is 17.2 Å². The molecule has 0 saturated heterocycles. The average molecular weight is 457 g/mol. The van der Waals surface area contributed by atoms with E-state index in [1.54, 1.807) is 36.4 Å². The second kappa shape index (κ2) is 7.33. The first-order valence-electron chi connectivity index (χ1n) is 9.35. The van der Waals surface area contributed by atoms with Gasteiger partial charge in [0.2, 0.25) is 0 Å². The van der Waals surface area contributed by atoms with E-state index >= 15 is 0 Å². The smallest absolute Gasteiger partial charge is 0.261 e. The quantitative estimate of drug-likeness (QED) is 0.369. The Kier molecular flexibility index (Phi) is 4.60. The van der Waals surface area contributed by atoms with Crippen molar-refractivity contribution < 1.29 is 13.2 Å². The molecule has 31 heavy (non-hydrogen) atoms. The number of benzene rings is 2. The lowest BCUT2D eigenvalue weighted by Crippen LogP contribution is -2.19. The number of hydrogen-bond acceptors (Lipinski definition) is 7. The van der Waals surface area contributed by atoms with Crippen LogP contribution in [0.15, 0.2) is 53.4 Å². The number of anilines is 3. The number of pyridine rings is 1. The third-order valence-electron chi connectivity index (χ3n) is 4.87. The number of aromatic amines is 1. The number of H-pyrrole nitrogens is 1. The highest BCUT2D eigenvalue weighted by atomic mass is 35.5. The molecule has 0 bridgehead atoms. The van der Waals surface area contributed by atoms with Crippen molar-refractivity contribution in [1.29, 1.82) is 0 Å². The molecule has 1 aliphatic rings. The Morgan fingerprint density at radius 2 is 2.00 bits per heavy atom. The molecule has 5 rings (SSSR count). The van der Waals surface area contributed by atoms with Gasteiger partial charge in [0.25, 0.3) is 10.0 Å². The van der Waals surface area contributed by atoms with Crippen LogP contribution in [0.5, 0.6) is 5.75 Å². The summed E-state index contributed by atoms with van der Waals surface area (Å²) >= 11 is 6.44. The summed E-state index contributed by atoms with van der Waals surface area (Å²) in [7, 11) is -3.82. The molecule has 0 radical (unpaired) electrons. The normalized spacial score (nSPS) is 13.3. The summed E-state index contributed by atoms with van der Waals surface area (Å²) in [6, 6.07) is 13.1. The van der Waals surface area contributed by atoms with Crippen molar-refractivity contribution in [2.24, 2.45) is 0 Å². The van der Waals surface area contributed by atoms with Gasteiger partial charge in [-0.25, -0.2) is 13.4 Å². The summed E-state index contributed by atoms with van der Waals surface area (Å²) in [4.78, 5) is 4.62. The Bertz CT molecular complexity index is 1420. The van der Waals surface area contributed by atoms with Crippen LogP contribution in [-0.4, -0.2) is 36.8 Å². The van der Waals surface area contributed by atoms with Gasteiger partial charge in [-0.05, 0) is 48.5 Å². The number of nitrogens with zero attached hydrogens (tertiary/aromatic N) is 2. The first kappa shape index (κ1) is 19.5. The molecule has 3 heterocycles. The fraction of sp³-hybridized carbons (Fsp3) is 0.100. The summed E-state index contributed by atoms with van der Waals surface area (Å²) in [5, 5.41) is 10.2. The van der Waals surface area contributed by atoms with E-state index in [1.807, 2.05) is 6.07 Å². The zero-order valence-electron chi connectivity index (χ0n) is 16.0. The van der Waals surface area contributed by atoms with Gasteiger partial charge in [-0.2, -0.15) is 5.10 Å².